The van der Waals surface area contributed by atoms with Crippen molar-refractivity contribution >= 4 is 0 Å². The van der Waals surface area contributed by atoms with Crippen LogP contribution in [0.5, 0.6) is 0 Å². The van der Waals surface area contributed by atoms with Crippen molar-refractivity contribution in [3.05, 3.63) is 35.4 Å². The molecule has 0 bridgehead atoms. The van der Waals surface area contributed by atoms with Gasteiger partial charge in [-0.1, -0.05) is 58.4 Å². The largest absolute Gasteiger partial charge is 0.379 e. The lowest BCUT2D eigenvalue weighted by atomic mass is 9.92. The second-order valence-corrected chi connectivity index (χ2v) is 5.87. The molecule has 0 spiro atoms. The smallest absolute Gasteiger partial charge is 0.0788 e. The molecule has 20 heavy (non-hydrogen) atoms. The number of benzene rings is 1. The zero-order valence-electron chi connectivity index (χ0n) is 13.8. The van der Waals surface area contributed by atoms with Gasteiger partial charge in [-0.25, -0.2) is 0 Å². The number of methoxy groups -OCH3 is 1. The van der Waals surface area contributed by atoms with Crippen molar-refractivity contribution in [3.8, 4) is 0 Å². The van der Waals surface area contributed by atoms with E-state index in [2.05, 4.69) is 57.3 Å². The van der Waals surface area contributed by atoms with E-state index in [1.54, 1.807) is 0 Å². The van der Waals surface area contributed by atoms with Gasteiger partial charge in [-0.3, -0.25) is 0 Å². The molecule has 1 rings (SSSR count). The van der Waals surface area contributed by atoms with Gasteiger partial charge < -0.3 is 10.1 Å². The van der Waals surface area contributed by atoms with Crippen molar-refractivity contribution in [1.29, 1.82) is 0 Å². The maximum Gasteiger partial charge on any atom is 0.0788 e. The van der Waals surface area contributed by atoms with Gasteiger partial charge in [0.05, 0.1) is 12.1 Å². The van der Waals surface area contributed by atoms with Crippen LogP contribution in [-0.4, -0.2) is 19.8 Å². The normalized spacial score (nSPS) is 14.5. The molecule has 2 atom stereocenters. The molecule has 0 aliphatic rings. The summed E-state index contributed by atoms with van der Waals surface area (Å²) in [6.07, 6.45) is 3.68. The highest BCUT2D eigenvalue weighted by Crippen LogP contribution is 2.25. The van der Waals surface area contributed by atoms with Gasteiger partial charge in [-0.15, -0.1) is 0 Å². The number of aryl methyl sites for hydroxylation is 1. The third kappa shape index (κ3) is 4.92. The topological polar surface area (TPSA) is 21.3 Å². The molecule has 114 valence electrons. The molecule has 0 aliphatic heterocycles. The van der Waals surface area contributed by atoms with Crippen LogP contribution in [0.3, 0.4) is 0 Å². The first-order valence-corrected chi connectivity index (χ1v) is 7.99. The molecule has 1 N–H and O–H groups in total. The Bertz CT molecular complexity index is 375. The lowest BCUT2D eigenvalue weighted by Gasteiger charge is -2.30. The molecule has 2 unspecified atom stereocenters. The Kier molecular flexibility index (Phi) is 7.86. The lowest BCUT2D eigenvalue weighted by Crippen LogP contribution is -2.37. The highest BCUT2D eigenvalue weighted by molar-refractivity contribution is 5.27. The molecule has 0 aromatic heterocycles. The predicted molar refractivity (Wildman–Crippen MR) is 87.1 cm³/mol. The van der Waals surface area contributed by atoms with Crippen molar-refractivity contribution in [2.75, 3.05) is 13.7 Å². The van der Waals surface area contributed by atoms with E-state index < -0.39 is 0 Å². The zero-order valence-corrected chi connectivity index (χ0v) is 13.8. The van der Waals surface area contributed by atoms with Crippen molar-refractivity contribution in [3.63, 3.8) is 0 Å². The Balaban J connectivity index is 2.99. The van der Waals surface area contributed by atoms with Gasteiger partial charge in [0.1, 0.15) is 0 Å². The van der Waals surface area contributed by atoms with Crippen molar-refractivity contribution < 1.29 is 4.74 Å². The summed E-state index contributed by atoms with van der Waals surface area (Å²) < 4.78 is 5.76. The highest BCUT2D eigenvalue weighted by atomic mass is 16.5. The molecule has 0 heterocycles. The fourth-order valence-electron chi connectivity index (χ4n) is 2.75. The molecule has 2 nitrogen and oxygen atoms in total. The van der Waals surface area contributed by atoms with E-state index in [4.69, 9.17) is 4.74 Å². The molecule has 0 fully saturated rings. The molecular formula is C18H31NO. The van der Waals surface area contributed by atoms with E-state index in [1.165, 1.54) is 17.5 Å². The minimum Gasteiger partial charge on any atom is -0.379 e. The standard InChI is InChI=1S/C18H31NO/c1-6-9-15-10-8-11-16(13-15)17(19-12-7-2)18(20-5)14(3)4/h8,10-11,13-14,17-19H,6-7,9,12H2,1-5H3. The Hall–Kier alpha value is -0.860. The zero-order chi connectivity index (χ0) is 15.0. The summed E-state index contributed by atoms with van der Waals surface area (Å²) in [6, 6.07) is 9.23. The molecule has 2 heteroatoms. The van der Waals surface area contributed by atoms with E-state index in [-0.39, 0.29) is 12.1 Å². The second-order valence-electron chi connectivity index (χ2n) is 5.87. The van der Waals surface area contributed by atoms with E-state index in [0.717, 1.165) is 19.4 Å². The lowest BCUT2D eigenvalue weighted by molar-refractivity contribution is 0.0326. The van der Waals surface area contributed by atoms with Crippen LogP contribution in [0.4, 0.5) is 0 Å². The Morgan fingerprint density at radius 1 is 1.15 bits per heavy atom. The summed E-state index contributed by atoms with van der Waals surface area (Å²) in [7, 11) is 1.82. The van der Waals surface area contributed by atoms with Crippen LogP contribution in [-0.2, 0) is 11.2 Å². The predicted octanol–water partition coefficient (Wildman–Crippen LogP) is 4.35. The van der Waals surface area contributed by atoms with Crippen LogP contribution in [0.1, 0.15) is 57.7 Å². The van der Waals surface area contributed by atoms with E-state index in [1.807, 2.05) is 7.11 Å². The van der Waals surface area contributed by atoms with Crippen molar-refractivity contribution in [2.24, 2.45) is 5.92 Å². The third-order valence-electron chi connectivity index (χ3n) is 3.72. The van der Waals surface area contributed by atoms with Gasteiger partial charge in [0, 0.05) is 7.11 Å². The van der Waals surface area contributed by atoms with Gasteiger partial charge in [0.15, 0.2) is 0 Å². The fourth-order valence-corrected chi connectivity index (χ4v) is 2.75. The molecule has 0 saturated carbocycles. The summed E-state index contributed by atoms with van der Waals surface area (Å²) in [4.78, 5) is 0. The minimum atomic E-state index is 0.207. The number of hydrogen-bond donors (Lipinski definition) is 1. The van der Waals surface area contributed by atoms with Crippen LogP contribution in [0.2, 0.25) is 0 Å². The van der Waals surface area contributed by atoms with Gasteiger partial charge in [-0.2, -0.15) is 0 Å². The quantitative estimate of drug-likeness (QED) is 0.724. The number of ether oxygens (including phenoxy) is 1. The number of rotatable bonds is 9. The molecule has 0 aliphatic carbocycles. The highest BCUT2D eigenvalue weighted by Gasteiger charge is 2.25. The van der Waals surface area contributed by atoms with Gasteiger partial charge in [0.2, 0.25) is 0 Å². The molecular weight excluding hydrogens is 246 g/mol. The molecule has 0 saturated heterocycles. The van der Waals surface area contributed by atoms with E-state index in [9.17, 15) is 0 Å². The summed E-state index contributed by atoms with van der Waals surface area (Å²) in [5, 5.41) is 3.66. The summed E-state index contributed by atoms with van der Waals surface area (Å²) in [5.41, 5.74) is 2.77. The van der Waals surface area contributed by atoms with Crippen molar-refractivity contribution in [2.45, 2.75) is 59.1 Å². The first-order valence-electron chi connectivity index (χ1n) is 7.99. The van der Waals surface area contributed by atoms with E-state index >= 15 is 0 Å². The van der Waals surface area contributed by atoms with Crippen LogP contribution >= 0.6 is 0 Å². The van der Waals surface area contributed by atoms with Gasteiger partial charge in [-0.05, 0) is 36.4 Å². The van der Waals surface area contributed by atoms with Crippen LogP contribution in [0.15, 0.2) is 24.3 Å². The number of nitrogens with one attached hydrogen (secondary N) is 1. The minimum absolute atomic E-state index is 0.207. The Morgan fingerprint density at radius 3 is 2.45 bits per heavy atom. The summed E-state index contributed by atoms with van der Waals surface area (Å²) in [5.74, 6) is 0.490. The number of hydrogen-bond acceptors (Lipinski definition) is 2. The monoisotopic (exact) mass is 277 g/mol. The summed E-state index contributed by atoms with van der Waals surface area (Å²) >= 11 is 0. The maximum absolute atomic E-state index is 5.76. The average molecular weight is 277 g/mol. The average Bonchev–Trinajstić information content (AvgIpc) is 2.43. The Morgan fingerprint density at radius 2 is 1.90 bits per heavy atom. The SMILES string of the molecule is CCCNC(c1cccc(CCC)c1)C(OC)C(C)C. The first kappa shape index (κ1) is 17.2. The van der Waals surface area contributed by atoms with Crippen LogP contribution < -0.4 is 5.32 Å². The fraction of sp³-hybridized carbons (Fsp3) is 0.667. The molecule has 1 aromatic carbocycles. The van der Waals surface area contributed by atoms with Crippen LogP contribution in [0, 0.1) is 5.92 Å². The van der Waals surface area contributed by atoms with E-state index in [0.29, 0.717) is 5.92 Å². The van der Waals surface area contributed by atoms with Crippen molar-refractivity contribution in [1.82, 2.24) is 5.32 Å². The molecule has 0 radical (unpaired) electrons. The first-order chi connectivity index (χ1) is 9.63. The second kappa shape index (κ2) is 9.15. The van der Waals surface area contributed by atoms with Crippen LogP contribution in [0.25, 0.3) is 0 Å². The van der Waals surface area contributed by atoms with Gasteiger partial charge >= 0.3 is 0 Å². The maximum atomic E-state index is 5.76. The molecule has 1 aromatic rings. The van der Waals surface area contributed by atoms with Gasteiger partial charge in [0.25, 0.3) is 0 Å². The Labute approximate surface area is 124 Å². The molecule has 0 amide bonds. The third-order valence-corrected chi connectivity index (χ3v) is 3.72. The summed E-state index contributed by atoms with van der Waals surface area (Å²) in [6.45, 7) is 9.91.